The number of nitrogens with zero attached hydrogens (tertiary/aromatic N) is 2. The van der Waals surface area contributed by atoms with Gasteiger partial charge in [0.25, 0.3) is 0 Å². The molecular weight excluding hydrogens is 306 g/mol. The number of hydrogen-bond acceptors (Lipinski definition) is 3. The third-order valence-corrected chi connectivity index (χ3v) is 8.51. The van der Waals surface area contributed by atoms with Crippen molar-refractivity contribution in [1.29, 1.82) is 0 Å². The van der Waals surface area contributed by atoms with E-state index in [0.29, 0.717) is 0 Å². The van der Waals surface area contributed by atoms with Gasteiger partial charge >= 0.3 is 0 Å². The molecule has 3 nitrogen and oxygen atoms in total. The Balaban J connectivity index is 1.32. The summed E-state index contributed by atoms with van der Waals surface area (Å²) in [7, 11) is 0. The maximum atomic E-state index is 3.76. The van der Waals surface area contributed by atoms with Crippen LogP contribution >= 0.6 is 0 Å². The molecule has 0 amide bonds. The highest BCUT2D eigenvalue weighted by molar-refractivity contribution is 4.98. The molecule has 3 heteroatoms. The largest absolute Gasteiger partial charge is 0.241 e. The molecule has 0 aromatic rings. The first-order valence-corrected chi connectivity index (χ1v) is 11.6. The summed E-state index contributed by atoms with van der Waals surface area (Å²) in [6.07, 6.45) is 21.1. The zero-order chi connectivity index (χ0) is 16.7. The minimum absolute atomic E-state index is 0.801. The number of fused-ring (bicyclic) bond motifs is 4. The highest BCUT2D eigenvalue weighted by Gasteiger charge is 2.47. The second-order valence-corrected chi connectivity index (χ2v) is 10.3. The van der Waals surface area contributed by atoms with Crippen molar-refractivity contribution in [1.82, 2.24) is 15.6 Å². The van der Waals surface area contributed by atoms with Gasteiger partial charge in [-0.15, -0.1) is 0 Å². The zero-order valence-electron chi connectivity index (χ0n) is 16.2. The highest BCUT2D eigenvalue weighted by Crippen LogP contribution is 2.57. The minimum atomic E-state index is 0.801. The Labute approximate surface area is 154 Å². The van der Waals surface area contributed by atoms with Gasteiger partial charge in [0.05, 0.1) is 0 Å². The fraction of sp³-hybridized carbons (Fsp3) is 1.00. The Bertz CT molecular complexity index is 460. The smallest absolute Gasteiger partial charge is 0.0319 e. The monoisotopic (exact) mass is 345 g/mol. The SMILES string of the molecule is C1CCCC2(CC2)CC2CCC3CCN(C3C2)N2CC(CC1)CCN2. The summed E-state index contributed by atoms with van der Waals surface area (Å²) in [5, 5.41) is 5.38. The molecule has 5 atom stereocenters. The maximum absolute atomic E-state index is 3.76. The van der Waals surface area contributed by atoms with Gasteiger partial charge in [0.1, 0.15) is 0 Å². The van der Waals surface area contributed by atoms with Crippen LogP contribution in [0, 0.1) is 23.2 Å². The molecule has 1 spiro atoms. The summed E-state index contributed by atoms with van der Waals surface area (Å²) in [6.45, 7) is 3.79. The quantitative estimate of drug-likeness (QED) is 0.684. The van der Waals surface area contributed by atoms with E-state index < -0.39 is 0 Å². The molecule has 2 aliphatic carbocycles. The molecular formula is C22H39N3. The van der Waals surface area contributed by atoms with Crippen LogP contribution < -0.4 is 5.43 Å². The van der Waals surface area contributed by atoms with E-state index in [9.17, 15) is 0 Å². The molecule has 5 rings (SSSR count). The number of nitrogens with one attached hydrogen (secondary N) is 1. The predicted molar refractivity (Wildman–Crippen MR) is 103 cm³/mol. The van der Waals surface area contributed by atoms with E-state index in [1.54, 1.807) is 25.7 Å². The predicted octanol–water partition coefficient (Wildman–Crippen LogP) is 4.74. The Kier molecular flexibility index (Phi) is 4.85. The van der Waals surface area contributed by atoms with Crippen LogP contribution in [0.3, 0.4) is 0 Å². The van der Waals surface area contributed by atoms with E-state index in [1.165, 1.54) is 83.8 Å². The Hall–Kier alpha value is -0.120. The van der Waals surface area contributed by atoms with Gasteiger partial charge in [-0.25, -0.2) is 10.4 Å². The Morgan fingerprint density at radius 2 is 1.72 bits per heavy atom. The van der Waals surface area contributed by atoms with Crippen LogP contribution in [-0.4, -0.2) is 35.8 Å². The van der Waals surface area contributed by atoms with Crippen LogP contribution in [0.15, 0.2) is 0 Å². The van der Waals surface area contributed by atoms with Crippen LogP contribution in [-0.2, 0) is 0 Å². The van der Waals surface area contributed by atoms with Crippen LogP contribution in [0.2, 0.25) is 0 Å². The molecule has 142 valence electrons. The molecule has 25 heavy (non-hydrogen) atoms. The van der Waals surface area contributed by atoms with Crippen LogP contribution in [0.5, 0.6) is 0 Å². The molecule has 0 radical (unpaired) electrons. The second kappa shape index (κ2) is 7.13. The van der Waals surface area contributed by atoms with E-state index in [-0.39, 0.29) is 0 Å². The van der Waals surface area contributed by atoms with Crippen molar-refractivity contribution >= 4 is 0 Å². The van der Waals surface area contributed by atoms with Crippen LogP contribution in [0.4, 0.5) is 0 Å². The van der Waals surface area contributed by atoms with Crippen molar-refractivity contribution in [2.75, 3.05) is 19.6 Å². The fourth-order valence-electron chi connectivity index (χ4n) is 6.81. The molecule has 2 saturated carbocycles. The zero-order valence-corrected chi connectivity index (χ0v) is 16.2. The van der Waals surface area contributed by atoms with Gasteiger partial charge in [0, 0.05) is 25.7 Å². The van der Waals surface area contributed by atoms with Crippen molar-refractivity contribution in [3.8, 4) is 0 Å². The summed E-state index contributed by atoms with van der Waals surface area (Å²) in [6, 6.07) is 0.853. The van der Waals surface area contributed by atoms with E-state index in [0.717, 1.165) is 29.2 Å². The first-order valence-electron chi connectivity index (χ1n) is 11.6. The van der Waals surface area contributed by atoms with Crippen molar-refractivity contribution in [3.05, 3.63) is 0 Å². The molecule has 3 saturated heterocycles. The standard InChI is InChI=1S/C22H39N3/c1-2-4-10-22(11-12-22)16-19-6-7-20-9-14-24(21(20)15-19)25-17-18(5-3-1)8-13-23-25/h18-21,23H,1-17H2. The first-order chi connectivity index (χ1) is 12.3. The number of hydrogen-bond donors (Lipinski definition) is 1. The lowest BCUT2D eigenvalue weighted by molar-refractivity contribution is -0.120. The van der Waals surface area contributed by atoms with Gasteiger partial charge in [-0.05, 0) is 81.0 Å². The Morgan fingerprint density at radius 1 is 0.800 bits per heavy atom. The van der Waals surface area contributed by atoms with Gasteiger partial charge < -0.3 is 0 Å². The third-order valence-electron chi connectivity index (χ3n) is 8.51. The van der Waals surface area contributed by atoms with Crippen LogP contribution in [0.1, 0.15) is 89.9 Å². The minimum Gasteiger partial charge on any atom is -0.241 e. The maximum Gasteiger partial charge on any atom is 0.0319 e. The normalized spacial score (nSPS) is 44.9. The molecule has 5 aliphatic rings. The summed E-state index contributed by atoms with van der Waals surface area (Å²) in [5.41, 5.74) is 4.56. The molecule has 5 unspecified atom stereocenters. The summed E-state index contributed by atoms with van der Waals surface area (Å²) >= 11 is 0. The molecule has 4 bridgehead atoms. The topological polar surface area (TPSA) is 18.5 Å². The lowest BCUT2D eigenvalue weighted by Gasteiger charge is -2.45. The van der Waals surface area contributed by atoms with Crippen molar-refractivity contribution < 1.29 is 0 Å². The summed E-state index contributed by atoms with van der Waals surface area (Å²) in [5.74, 6) is 2.94. The number of rotatable bonds is 0. The van der Waals surface area contributed by atoms with Gasteiger partial charge in [0.15, 0.2) is 0 Å². The summed E-state index contributed by atoms with van der Waals surface area (Å²) in [4.78, 5) is 0. The average Bonchev–Trinajstić information content (AvgIpc) is 3.25. The molecule has 0 aromatic heterocycles. The number of hydrazine groups is 2. The van der Waals surface area contributed by atoms with Crippen molar-refractivity contribution in [3.63, 3.8) is 0 Å². The van der Waals surface area contributed by atoms with E-state index >= 15 is 0 Å². The first kappa shape index (κ1) is 17.0. The van der Waals surface area contributed by atoms with E-state index in [4.69, 9.17) is 0 Å². The van der Waals surface area contributed by atoms with Gasteiger partial charge in [-0.3, -0.25) is 0 Å². The van der Waals surface area contributed by atoms with Crippen molar-refractivity contribution in [2.24, 2.45) is 23.2 Å². The highest BCUT2D eigenvalue weighted by atomic mass is 15.8. The van der Waals surface area contributed by atoms with Crippen molar-refractivity contribution in [2.45, 2.75) is 95.9 Å². The van der Waals surface area contributed by atoms with Gasteiger partial charge in [-0.2, -0.15) is 5.12 Å². The molecule has 3 aliphatic heterocycles. The van der Waals surface area contributed by atoms with Gasteiger partial charge in [-0.1, -0.05) is 32.1 Å². The lowest BCUT2D eigenvalue weighted by Crippen LogP contribution is -2.58. The fourth-order valence-corrected chi connectivity index (χ4v) is 6.81. The van der Waals surface area contributed by atoms with Gasteiger partial charge in [0.2, 0.25) is 0 Å². The average molecular weight is 346 g/mol. The Morgan fingerprint density at radius 3 is 2.64 bits per heavy atom. The summed E-state index contributed by atoms with van der Waals surface area (Å²) < 4.78 is 0. The van der Waals surface area contributed by atoms with Crippen LogP contribution in [0.25, 0.3) is 0 Å². The lowest BCUT2D eigenvalue weighted by atomic mass is 9.74. The molecule has 5 fully saturated rings. The molecule has 1 N–H and O–H groups in total. The third kappa shape index (κ3) is 3.66. The molecule has 0 aromatic carbocycles. The van der Waals surface area contributed by atoms with E-state index in [2.05, 4.69) is 15.6 Å². The van der Waals surface area contributed by atoms with E-state index in [1.807, 2.05) is 0 Å². The second-order valence-electron chi connectivity index (χ2n) is 10.3. The molecule has 3 heterocycles.